The fourth-order valence-electron chi connectivity index (χ4n) is 2.78. The topological polar surface area (TPSA) is 70.8 Å². The standard InChI is InChI=1S/C22H24F2N4O3S/c1-4-29-18-11-8-16(12-19(18)30-5-2)14-31-17-9-6-15(7-10-17)13-25-28-21(20(23)24)26-27-22(28)32-3/h6-13,20H,4-5,14H2,1-3H3. The number of benzene rings is 2. The van der Waals surface area contributed by atoms with Gasteiger partial charge in [0.25, 0.3) is 6.43 Å². The Balaban J connectivity index is 1.65. The fourth-order valence-corrected chi connectivity index (χ4v) is 3.21. The van der Waals surface area contributed by atoms with Crippen LogP contribution in [0.15, 0.2) is 52.7 Å². The van der Waals surface area contributed by atoms with Gasteiger partial charge < -0.3 is 14.2 Å². The highest BCUT2D eigenvalue weighted by Gasteiger charge is 2.19. The number of alkyl halides is 2. The van der Waals surface area contributed by atoms with Gasteiger partial charge in [-0.3, -0.25) is 0 Å². The van der Waals surface area contributed by atoms with Crippen LogP contribution in [0.4, 0.5) is 8.78 Å². The van der Waals surface area contributed by atoms with Crippen molar-refractivity contribution in [1.29, 1.82) is 0 Å². The molecule has 0 amide bonds. The number of ether oxygens (including phenoxy) is 3. The van der Waals surface area contributed by atoms with Gasteiger partial charge in [0.15, 0.2) is 11.5 Å². The van der Waals surface area contributed by atoms with E-state index in [2.05, 4.69) is 15.3 Å². The summed E-state index contributed by atoms with van der Waals surface area (Å²) in [6.45, 7) is 5.30. The smallest absolute Gasteiger partial charge is 0.299 e. The molecule has 0 aliphatic rings. The average Bonchev–Trinajstić information content (AvgIpc) is 3.22. The molecule has 170 valence electrons. The third-order valence-corrected chi connectivity index (χ3v) is 4.85. The lowest BCUT2D eigenvalue weighted by Crippen LogP contribution is -2.01. The molecule has 0 saturated carbocycles. The van der Waals surface area contributed by atoms with E-state index in [0.29, 0.717) is 42.2 Å². The van der Waals surface area contributed by atoms with E-state index >= 15 is 0 Å². The summed E-state index contributed by atoms with van der Waals surface area (Å²) in [6, 6.07) is 12.8. The minimum absolute atomic E-state index is 0.290. The first kappa shape index (κ1) is 23.5. The van der Waals surface area contributed by atoms with Gasteiger partial charge in [-0.2, -0.15) is 9.78 Å². The van der Waals surface area contributed by atoms with Gasteiger partial charge >= 0.3 is 0 Å². The molecule has 0 aliphatic heterocycles. The van der Waals surface area contributed by atoms with Crippen LogP contribution in [0.2, 0.25) is 0 Å². The van der Waals surface area contributed by atoms with Gasteiger partial charge in [0, 0.05) is 0 Å². The van der Waals surface area contributed by atoms with Crippen LogP contribution in [0.1, 0.15) is 37.2 Å². The van der Waals surface area contributed by atoms with E-state index < -0.39 is 12.2 Å². The van der Waals surface area contributed by atoms with Gasteiger partial charge in [0.05, 0.1) is 19.4 Å². The number of nitrogens with zero attached hydrogens (tertiary/aromatic N) is 4. The van der Waals surface area contributed by atoms with Gasteiger partial charge in [-0.1, -0.05) is 17.8 Å². The van der Waals surface area contributed by atoms with E-state index in [-0.39, 0.29) is 0 Å². The minimum atomic E-state index is -2.76. The third kappa shape index (κ3) is 5.97. The lowest BCUT2D eigenvalue weighted by molar-refractivity contribution is 0.135. The Bertz CT molecular complexity index is 1040. The predicted octanol–water partition coefficient (Wildman–Crippen LogP) is 5.20. The Kier molecular flexibility index (Phi) is 8.43. The van der Waals surface area contributed by atoms with Crippen molar-refractivity contribution in [3.8, 4) is 17.2 Å². The summed E-state index contributed by atoms with van der Waals surface area (Å²) in [5.41, 5.74) is 1.66. The first-order valence-electron chi connectivity index (χ1n) is 9.98. The second-order valence-electron chi connectivity index (χ2n) is 6.41. The molecule has 0 spiro atoms. The Morgan fingerprint density at radius 2 is 1.72 bits per heavy atom. The quantitative estimate of drug-likeness (QED) is 0.288. The van der Waals surface area contributed by atoms with Crippen LogP contribution in [0.25, 0.3) is 0 Å². The van der Waals surface area contributed by atoms with Crippen molar-refractivity contribution in [2.75, 3.05) is 19.5 Å². The molecule has 1 aromatic heterocycles. The predicted molar refractivity (Wildman–Crippen MR) is 119 cm³/mol. The van der Waals surface area contributed by atoms with Crippen LogP contribution in [-0.4, -0.2) is 40.6 Å². The van der Waals surface area contributed by atoms with Crippen LogP contribution in [-0.2, 0) is 6.61 Å². The molecular formula is C22H24F2N4O3S. The molecule has 3 rings (SSSR count). The van der Waals surface area contributed by atoms with Crippen molar-refractivity contribution in [1.82, 2.24) is 14.9 Å². The molecule has 0 fully saturated rings. The summed E-state index contributed by atoms with van der Waals surface area (Å²) >= 11 is 1.19. The van der Waals surface area contributed by atoms with Crippen LogP contribution in [0, 0.1) is 0 Å². The molecule has 0 N–H and O–H groups in total. The second kappa shape index (κ2) is 11.5. The van der Waals surface area contributed by atoms with E-state index in [1.165, 1.54) is 18.0 Å². The van der Waals surface area contributed by atoms with Gasteiger partial charge in [-0.25, -0.2) is 8.78 Å². The first-order valence-corrected chi connectivity index (χ1v) is 11.2. The summed E-state index contributed by atoms with van der Waals surface area (Å²) in [7, 11) is 0. The van der Waals surface area contributed by atoms with Crippen LogP contribution in [0.3, 0.4) is 0 Å². The maximum absolute atomic E-state index is 13.1. The van der Waals surface area contributed by atoms with E-state index in [9.17, 15) is 8.78 Å². The van der Waals surface area contributed by atoms with Crippen molar-refractivity contribution in [3.63, 3.8) is 0 Å². The molecule has 0 radical (unpaired) electrons. The molecule has 0 aliphatic carbocycles. The van der Waals surface area contributed by atoms with Crippen molar-refractivity contribution in [2.24, 2.45) is 5.10 Å². The van der Waals surface area contributed by atoms with Crippen molar-refractivity contribution in [2.45, 2.75) is 32.0 Å². The van der Waals surface area contributed by atoms with Crippen molar-refractivity contribution >= 4 is 18.0 Å². The normalized spacial score (nSPS) is 11.3. The highest BCUT2D eigenvalue weighted by molar-refractivity contribution is 7.98. The van der Waals surface area contributed by atoms with Crippen molar-refractivity contribution in [3.05, 3.63) is 59.4 Å². The van der Waals surface area contributed by atoms with E-state index in [1.807, 2.05) is 32.0 Å². The number of aromatic nitrogens is 3. The summed E-state index contributed by atoms with van der Waals surface area (Å²) < 4.78 is 44.2. The van der Waals surface area contributed by atoms with E-state index in [1.54, 1.807) is 30.5 Å². The largest absolute Gasteiger partial charge is 0.490 e. The second-order valence-corrected chi connectivity index (χ2v) is 7.18. The SMILES string of the molecule is CCOc1ccc(COc2ccc(C=Nn3c(SC)nnc3C(F)F)cc2)cc1OCC. The number of halogens is 2. The molecular weight excluding hydrogens is 438 g/mol. The zero-order valence-electron chi connectivity index (χ0n) is 18.0. The van der Waals surface area contributed by atoms with Gasteiger partial charge in [-0.15, -0.1) is 10.2 Å². The fraction of sp³-hybridized carbons (Fsp3) is 0.318. The number of rotatable bonds is 11. The molecule has 32 heavy (non-hydrogen) atoms. The number of thioether (sulfide) groups is 1. The highest BCUT2D eigenvalue weighted by atomic mass is 32.2. The monoisotopic (exact) mass is 462 g/mol. The number of hydrogen-bond acceptors (Lipinski definition) is 7. The average molecular weight is 463 g/mol. The molecule has 0 unspecified atom stereocenters. The molecule has 0 atom stereocenters. The molecule has 3 aromatic rings. The van der Waals surface area contributed by atoms with Crippen LogP contribution >= 0.6 is 11.8 Å². The van der Waals surface area contributed by atoms with E-state index in [4.69, 9.17) is 14.2 Å². The Morgan fingerprint density at radius 1 is 1.00 bits per heavy atom. The molecule has 7 nitrogen and oxygen atoms in total. The maximum atomic E-state index is 13.1. The Hall–Kier alpha value is -3.14. The lowest BCUT2D eigenvalue weighted by Gasteiger charge is -2.13. The summed E-state index contributed by atoms with van der Waals surface area (Å²) in [5, 5.41) is 11.6. The summed E-state index contributed by atoms with van der Waals surface area (Å²) in [4.78, 5) is 0. The molecule has 1 heterocycles. The first-order chi connectivity index (χ1) is 15.5. The van der Waals surface area contributed by atoms with Crippen LogP contribution in [0.5, 0.6) is 17.2 Å². The van der Waals surface area contributed by atoms with E-state index in [0.717, 1.165) is 15.8 Å². The van der Waals surface area contributed by atoms with Gasteiger partial charge in [0.2, 0.25) is 11.0 Å². The molecule has 0 saturated heterocycles. The Morgan fingerprint density at radius 3 is 2.38 bits per heavy atom. The lowest BCUT2D eigenvalue weighted by atomic mass is 10.2. The minimum Gasteiger partial charge on any atom is -0.490 e. The highest BCUT2D eigenvalue weighted by Crippen LogP contribution is 2.29. The molecule has 10 heteroatoms. The van der Waals surface area contributed by atoms with Gasteiger partial charge in [-0.05, 0) is 67.6 Å². The van der Waals surface area contributed by atoms with Crippen molar-refractivity contribution < 1.29 is 23.0 Å². The zero-order chi connectivity index (χ0) is 22.9. The third-order valence-electron chi connectivity index (χ3n) is 4.23. The maximum Gasteiger partial charge on any atom is 0.299 e. The van der Waals surface area contributed by atoms with Crippen LogP contribution < -0.4 is 14.2 Å². The van der Waals surface area contributed by atoms with Gasteiger partial charge in [0.1, 0.15) is 12.4 Å². The zero-order valence-corrected chi connectivity index (χ0v) is 18.8. The molecule has 0 bridgehead atoms. The Labute approximate surface area is 189 Å². The summed E-state index contributed by atoms with van der Waals surface area (Å²) in [5.74, 6) is 1.56. The summed E-state index contributed by atoms with van der Waals surface area (Å²) in [6.07, 6.45) is 0.431. The molecule has 2 aromatic carbocycles. The number of hydrogen-bond donors (Lipinski definition) is 0.